The minimum absolute atomic E-state index is 0.00125. The third kappa shape index (κ3) is 2.95. The summed E-state index contributed by atoms with van der Waals surface area (Å²) in [5.41, 5.74) is 0. The summed E-state index contributed by atoms with van der Waals surface area (Å²) < 4.78 is 0. The maximum Gasteiger partial charge on any atom is 0.322 e. The molecule has 17 heavy (non-hydrogen) atoms. The van der Waals surface area contributed by atoms with Gasteiger partial charge in [0.05, 0.1) is 0 Å². The van der Waals surface area contributed by atoms with Crippen LogP contribution in [0.2, 0.25) is 0 Å². The predicted octanol–water partition coefficient (Wildman–Crippen LogP) is -0.109. The van der Waals surface area contributed by atoms with E-state index in [1.165, 1.54) is 6.42 Å². The molecule has 6 heteroatoms. The van der Waals surface area contributed by atoms with Gasteiger partial charge in [0.25, 0.3) is 5.91 Å². The van der Waals surface area contributed by atoms with Crippen LogP contribution in [0.3, 0.4) is 0 Å². The Labute approximate surface area is 99.5 Å². The Morgan fingerprint density at radius 2 is 1.94 bits per heavy atom. The molecule has 1 aliphatic carbocycles. The molecule has 6 nitrogen and oxygen atoms in total. The predicted molar refractivity (Wildman–Crippen MR) is 60.0 cm³/mol. The first-order valence-electron chi connectivity index (χ1n) is 6.06. The Kier molecular flexibility index (Phi) is 3.61. The van der Waals surface area contributed by atoms with Crippen molar-refractivity contribution >= 4 is 17.8 Å². The SMILES string of the molecule is O=C1NC(=O)C(CNC(=O)C2CCCCC2)N1. The number of urea groups is 1. The third-order valence-corrected chi connectivity index (χ3v) is 3.31. The fourth-order valence-electron chi connectivity index (χ4n) is 2.31. The van der Waals surface area contributed by atoms with Crippen molar-refractivity contribution in [2.45, 2.75) is 38.1 Å². The first-order valence-corrected chi connectivity index (χ1v) is 6.06. The highest BCUT2D eigenvalue weighted by molar-refractivity contribution is 6.04. The Morgan fingerprint density at radius 3 is 2.53 bits per heavy atom. The summed E-state index contributed by atoms with van der Waals surface area (Å²) in [4.78, 5) is 33.9. The normalized spacial score (nSPS) is 25.3. The number of rotatable bonds is 3. The van der Waals surface area contributed by atoms with Crippen molar-refractivity contribution in [3.63, 3.8) is 0 Å². The van der Waals surface area contributed by atoms with E-state index in [1.54, 1.807) is 0 Å². The van der Waals surface area contributed by atoms with Crippen molar-refractivity contribution in [1.29, 1.82) is 0 Å². The molecule has 1 saturated carbocycles. The van der Waals surface area contributed by atoms with E-state index in [1.807, 2.05) is 0 Å². The second-order valence-corrected chi connectivity index (χ2v) is 4.60. The summed E-state index contributed by atoms with van der Waals surface area (Å²) in [6, 6.07) is -1.12. The lowest BCUT2D eigenvalue weighted by Crippen LogP contribution is -2.43. The van der Waals surface area contributed by atoms with Crippen LogP contribution in [0.1, 0.15) is 32.1 Å². The van der Waals surface area contributed by atoms with Gasteiger partial charge in [-0.25, -0.2) is 4.79 Å². The molecule has 0 aromatic heterocycles. The van der Waals surface area contributed by atoms with Gasteiger partial charge in [0.1, 0.15) is 6.04 Å². The van der Waals surface area contributed by atoms with Gasteiger partial charge in [-0.3, -0.25) is 14.9 Å². The molecule has 1 heterocycles. The summed E-state index contributed by atoms with van der Waals surface area (Å²) in [7, 11) is 0. The van der Waals surface area contributed by atoms with Gasteiger partial charge in [0.2, 0.25) is 5.91 Å². The van der Waals surface area contributed by atoms with Gasteiger partial charge in [-0.05, 0) is 12.8 Å². The quantitative estimate of drug-likeness (QED) is 0.600. The lowest BCUT2D eigenvalue weighted by molar-refractivity contribution is -0.126. The van der Waals surface area contributed by atoms with E-state index in [4.69, 9.17) is 0 Å². The molecule has 0 radical (unpaired) electrons. The number of carbonyl (C=O) groups excluding carboxylic acids is 3. The molecule has 4 amide bonds. The molecular weight excluding hydrogens is 222 g/mol. The van der Waals surface area contributed by atoms with Crippen LogP contribution in [-0.4, -0.2) is 30.4 Å². The topological polar surface area (TPSA) is 87.3 Å². The largest absolute Gasteiger partial charge is 0.353 e. The van der Waals surface area contributed by atoms with Gasteiger partial charge in [0.15, 0.2) is 0 Å². The smallest absolute Gasteiger partial charge is 0.322 e. The summed E-state index contributed by atoms with van der Waals surface area (Å²) in [5.74, 6) is -0.304. The van der Waals surface area contributed by atoms with Crippen LogP contribution in [0.5, 0.6) is 0 Å². The van der Waals surface area contributed by atoms with Crippen LogP contribution in [0.25, 0.3) is 0 Å². The Morgan fingerprint density at radius 1 is 1.24 bits per heavy atom. The molecule has 0 bridgehead atoms. The third-order valence-electron chi connectivity index (χ3n) is 3.31. The second-order valence-electron chi connectivity index (χ2n) is 4.60. The van der Waals surface area contributed by atoms with E-state index >= 15 is 0 Å². The van der Waals surface area contributed by atoms with Gasteiger partial charge in [-0.15, -0.1) is 0 Å². The molecule has 2 fully saturated rings. The summed E-state index contributed by atoms with van der Waals surface area (Å²) in [6.45, 7) is 0.174. The van der Waals surface area contributed by atoms with Gasteiger partial charge in [0, 0.05) is 12.5 Å². The van der Waals surface area contributed by atoms with Crippen molar-refractivity contribution in [3.05, 3.63) is 0 Å². The van der Waals surface area contributed by atoms with Gasteiger partial charge in [-0.2, -0.15) is 0 Å². The highest BCUT2D eigenvalue weighted by Gasteiger charge is 2.30. The molecule has 0 aromatic carbocycles. The number of carbonyl (C=O) groups is 3. The monoisotopic (exact) mass is 239 g/mol. The zero-order valence-electron chi connectivity index (χ0n) is 9.62. The molecule has 1 atom stereocenters. The molecule has 0 spiro atoms. The standard InChI is InChI=1S/C11H17N3O3/c15-9(7-4-2-1-3-5-7)12-6-8-10(16)14-11(17)13-8/h7-8H,1-6H2,(H,12,15)(H2,13,14,16,17). The summed E-state index contributed by atoms with van der Waals surface area (Å²) >= 11 is 0. The van der Waals surface area contributed by atoms with Crippen molar-refractivity contribution < 1.29 is 14.4 Å². The first-order chi connectivity index (χ1) is 8.16. The van der Waals surface area contributed by atoms with Crippen LogP contribution in [0, 0.1) is 5.92 Å². The Balaban J connectivity index is 1.75. The highest BCUT2D eigenvalue weighted by atomic mass is 16.2. The van der Waals surface area contributed by atoms with Crippen LogP contribution < -0.4 is 16.0 Å². The maximum absolute atomic E-state index is 11.8. The van der Waals surface area contributed by atoms with Gasteiger partial charge in [-0.1, -0.05) is 19.3 Å². The molecule has 2 rings (SSSR count). The lowest BCUT2D eigenvalue weighted by Gasteiger charge is -2.21. The molecule has 0 aromatic rings. The van der Waals surface area contributed by atoms with Crippen LogP contribution in [-0.2, 0) is 9.59 Å². The Bertz CT molecular complexity index is 337. The second kappa shape index (κ2) is 5.16. The van der Waals surface area contributed by atoms with Crippen LogP contribution >= 0.6 is 0 Å². The average molecular weight is 239 g/mol. The van der Waals surface area contributed by atoms with E-state index in [9.17, 15) is 14.4 Å². The van der Waals surface area contributed by atoms with Crippen molar-refractivity contribution in [1.82, 2.24) is 16.0 Å². The zero-order chi connectivity index (χ0) is 12.3. The fraction of sp³-hybridized carbons (Fsp3) is 0.727. The van der Waals surface area contributed by atoms with E-state index in [-0.39, 0.29) is 24.3 Å². The lowest BCUT2D eigenvalue weighted by atomic mass is 9.88. The molecule has 94 valence electrons. The Hall–Kier alpha value is -1.59. The molecule has 2 aliphatic rings. The minimum atomic E-state index is -0.630. The summed E-state index contributed by atoms with van der Waals surface area (Å²) in [6.07, 6.45) is 5.24. The molecular formula is C11H17N3O3. The average Bonchev–Trinajstić information content (AvgIpc) is 2.66. The van der Waals surface area contributed by atoms with Gasteiger partial charge >= 0.3 is 6.03 Å². The summed E-state index contributed by atoms with van der Waals surface area (Å²) in [5, 5.41) is 7.31. The zero-order valence-corrected chi connectivity index (χ0v) is 9.62. The number of nitrogens with one attached hydrogen (secondary N) is 3. The number of imide groups is 1. The molecule has 1 saturated heterocycles. The molecule has 1 aliphatic heterocycles. The van der Waals surface area contributed by atoms with Crippen LogP contribution in [0.4, 0.5) is 4.79 Å². The van der Waals surface area contributed by atoms with E-state index in [0.29, 0.717) is 0 Å². The van der Waals surface area contributed by atoms with Gasteiger partial charge < -0.3 is 10.6 Å². The van der Waals surface area contributed by atoms with Crippen molar-refractivity contribution in [3.8, 4) is 0 Å². The first kappa shape index (κ1) is 11.9. The minimum Gasteiger partial charge on any atom is -0.353 e. The fourth-order valence-corrected chi connectivity index (χ4v) is 2.31. The number of hydrogen-bond acceptors (Lipinski definition) is 3. The molecule has 1 unspecified atom stereocenters. The van der Waals surface area contributed by atoms with Crippen LogP contribution in [0.15, 0.2) is 0 Å². The van der Waals surface area contributed by atoms with E-state index in [0.717, 1.165) is 25.7 Å². The maximum atomic E-state index is 11.8. The number of amides is 4. The van der Waals surface area contributed by atoms with Crippen molar-refractivity contribution in [2.24, 2.45) is 5.92 Å². The highest BCUT2D eigenvalue weighted by Crippen LogP contribution is 2.23. The van der Waals surface area contributed by atoms with E-state index < -0.39 is 12.1 Å². The molecule has 3 N–H and O–H groups in total. The number of hydrogen-bond donors (Lipinski definition) is 3. The van der Waals surface area contributed by atoms with Crippen molar-refractivity contribution in [2.75, 3.05) is 6.54 Å². The van der Waals surface area contributed by atoms with E-state index in [2.05, 4.69) is 16.0 Å².